The second kappa shape index (κ2) is 13.5. The van der Waals surface area contributed by atoms with Crippen LogP contribution in [0.5, 0.6) is 0 Å². The predicted octanol–water partition coefficient (Wildman–Crippen LogP) is 5.82. The number of aliphatic carboxylic acids is 1. The normalized spacial score (nSPS) is 13.6. The lowest BCUT2D eigenvalue weighted by molar-refractivity contribution is -0.141. The standard InChI is InChI=1S/C31H39N3O6/c1-31(2,3)39-30(37)32-26(29(35)36)21-38-20-25-19-24(33-40-25)13-5-4-10-18-34-27-14-8-6-11-22(27)16-17-23-12-7-9-15-28(23)34/h6-9,11-12,14-15,19,26H,4-5,10,13,16-18,20-21H2,1-3H3,(H,32,37)(H,35,36)/t26-/m0/s1. The van der Waals surface area contributed by atoms with Gasteiger partial charge < -0.3 is 29.3 Å². The van der Waals surface area contributed by atoms with Gasteiger partial charge in [-0.1, -0.05) is 48.0 Å². The zero-order valence-electron chi connectivity index (χ0n) is 23.5. The maximum atomic E-state index is 11.9. The number of hydrogen-bond donors (Lipinski definition) is 2. The van der Waals surface area contributed by atoms with Crippen molar-refractivity contribution in [1.29, 1.82) is 0 Å². The molecule has 0 fully saturated rings. The Balaban J connectivity index is 1.21. The van der Waals surface area contributed by atoms with Gasteiger partial charge >= 0.3 is 12.1 Å². The Morgan fingerprint density at radius 2 is 1.68 bits per heavy atom. The van der Waals surface area contributed by atoms with Crippen molar-refractivity contribution >= 4 is 23.4 Å². The molecule has 4 rings (SSSR count). The van der Waals surface area contributed by atoms with Gasteiger partial charge in [-0.25, -0.2) is 9.59 Å². The van der Waals surface area contributed by atoms with Crippen molar-refractivity contribution in [2.75, 3.05) is 18.1 Å². The summed E-state index contributed by atoms with van der Waals surface area (Å²) in [6.07, 6.45) is 5.17. The number of carboxylic acids is 1. The lowest BCUT2D eigenvalue weighted by Gasteiger charge is -2.27. The number of aromatic nitrogens is 1. The Hall–Kier alpha value is -3.85. The van der Waals surface area contributed by atoms with Crippen LogP contribution in [-0.4, -0.2) is 47.1 Å². The number of anilines is 2. The smallest absolute Gasteiger partial charge is 0.408 e. The van der Waals surface area contributed by atoms with Gasteiger partial charge in [0.2, 0.25) is 0 Å². The van der Waals surface area contributed by atoms with Crippen molar-refractivity contribution in [1.82, 2.24) is 10.5 Å². The number of aryl methyl sites for hydroxylation is 3. The molecule has 2 N–H and O–H groups in total. The summed E-state index contributed by atoms with van der Waals surface area (Å²) in [6.45, 7) is 5.89. The number of hydrogen-bond acceptors (Lipinski definition) is 7. The molecule has 1 atom stereocenters. The van der Waals surface area contributed by atoms with E-state index in [9.17, 15) is 14.7 Å². The van der Waals surface area contributed by atoms with E-state index in [1.54, 1.807) is 20.8 Å². The first-order valence-corrected chi connectivity index (χ1v) is 13.9. The first-order chi connectivity index (χ1) is 19.2. The Labute approximate surface area is 235 Å². The van der Waals surface area contributed by atoms with Crippen LogP contribution < -0.4 is 10.2 Å². The van der Waals surface area contributed by atoms with Crippen LogP contribution in [0.15, 0.2) is 59.1 Å². The largest absolute Gasteiger partial charge is 0.480 e. The number of nitrogens with one attached hydrogen (secondary N) is 1. The number of amides is 1. The molecule has 1 aliphatic heterocycles. The van der Waals surface area contributed by atoms with Crippen molar-refractivity contribution in [3.05, 3.63) is 77.2 Å². The molecule has 0 saturated carbocycles. The zero-order chi connectivity index (χ0) is 28.5. The van der Waals surface area contributed by atoms with Crippen molar-refractivity contribution in [2.45, 2.75) is 77.5 Å². The highest BCUT2D eigenvalue weighted by molar-refractivity contribution is 5.80. The number of para-hydroxylation sites is 2. The third kappa shape index (κ3) is 8.32. The second-order valence-corrected chi connectivity index (χ2v) is 11.1. The van der Waals surface area contributed by atoms with Crippen molar-refractivity contribution < 1.29 is 28.7 Å². The summed E-state index contributed by atoms with van der Waals surface area (Å²) < 4.78 is 15.9. The van der Waals surface area contributed by atoms with Crippen LogP contribution in [0.1, 0.15) is 62.6 Å². The molecule has 214 valence electrons. The number of carbonyl (C=O) groups is 2. The molecule has 1 aliphatic rings. The summed E-state index contributed by atoms with van der Waals surface area (Å²) in [6, 6.07) is 18.0. The first-order valence-electron chi connectivity index (χ1n) is 13.9. The summed E-state index contributed by atoms with van der Waals surface area (Å²) in [4.78, 5) is 25.8. The average molecular weight is 550 g/mol. The molecule has 0 unspecified atom stereocenters. The van der Waals surface area contributed by atoms with E-state index in [4.69, 9.17) is 14.0 Å². The molecule has 2 heterocycles. The molecule has 9 heteroatoms. The van der Waals surface area contributed by atoms with Crippen LogP contribution in [0.25, 0.3) is 0 Å². The molecular weight excluding hydrogens is 510 g/mol. The first kappa shape index (κ1) is 29.1. The van der Waals surface area contributed by atoms with Crippen LogP contribution in [0.4, 0.5) is 16.2 Å². The number of carboxylic acid groups (broad SMARTS) is 1. The fraction of sp³-hybridized carbons (Fsp3) is 0.452. The lowest BCUT2D eigenvalue weighted by Crippen LogP contribution is -2.46. The predicted molar refractivity (Wildman–Crippen MR) is 152 cm³/mol. The van der Waals surface area contributed by atoms with Gasteiger partial charge in [0.25, 0.3) is 0 Å². The van der Waals surface area contributed by atoms with E-state index < -0.39 is 23.7 Å². The van der Waals surface area contributed by atoms with Gasteiger partial charge in [0.05, 0.1) is 12.3 Å². The minimum Gasteiger partial charge on any atom is -0.480 e. The molecule has 0 saturated heterocycles. The number of carbonyl (C=O) groups excluding carboxylic acids is 1. The van der Waals surface area contributed by atoms with Gasteiger partial charge in [-0.15, -0.1) is 0 Å². The van der Waals surface area contributed by atoms with Gasteiger partial charge in [-0.05, 0) is 76.1 Å². The van der Waals surface area contributed by atoms with E-state index in [1.165, 1.54) is 22.5 Å². The van der Waals surface area contributed by atoms with Crippen LogP contribution >= 0.6 is 0 Å². The van der Waals surface area contributed by atoms with Crippen LogP contribution in [-0.2, 0) is 40.1 Å². The van der Waals surface area contributed by atoms with Gasteiger partial charge in [0.1, 0.15) is 12.2 Å². The molecule has 2 aromatic carbocycles. The van der Waals surface area contributed by atoms with Crippen molar-refractivity contribution in [3.8, 4) is 0 Å². The molecule has 1 aromatic heterocycles. The molecule has 3 aromatic rings. The fourth-order valence-corrected chi connectivity index (χ4v) is 4.81. The van der Waals surface area contributed by atoms with Crippen LogP contribution in [0, 0.1) is 0 Å². The lowest BCUT2D eigenvalue weighted by atomic mass is 10.0. The molecule has 0 aliphatic carbocycles. The Morgan fingerprint density at radius 1 is 1.02 bits per heavy atom. The van der Waals surface area contributed by atoms with E-state index >= 15 is 0 Å². The third-order valence-electron chi connectivity index (χ3n) is 6.67. The van der Waals surface area contributed by atoms with E-state index in [-0.39, 0.29) is 13.2 Å². The maximum absolute atomic E-state index is 11.9. The van der Waals surface area contributed by atoms with E-state index in [2.05, 4.69) is 63.9 Å². The second-order valence-electron chi connectivity index (χ2n) is 11.1. The summed E-state index contributed by atoms with van der Waals surface area (Å²) in [5.41, 5.74) is 5.51. The van der Waals surface area contributed by atoms with Crippen LogP contribution in [0.2, 0.25) is 0 Å². The van der Waals surface area contributed by atoms with Gasteiger partial charge in [0, 0.05) is 24.0 Å². The number of alkyl carbamates (subject to hydrolysis) is 1. The summed E-state index contributed by atoms with van der Waals surface area (Å²) in [7, 11) is 0. The number of ether oxygens (including phenoxy) is 2. The quantitative estimate of drug-likeness (QED) is 0.272. The summed E-state index contributed by atoms with van der Waals surface area (Å²) in [5.74, 6) is -0.703. The molecule has 0 radical (unpaired) electrons. The molecule has 40 heavy (non-hydrogen) atoms. The number of unbranched alkanes of at least 4 members (excludes halogenated alkanes) is 2. The fourth-order valence-electron chi connectivity index (χ4n) is 4.81. The maximum Gasteiger partial charge on any atom is 0.408 e. The highest BCUT2D eigenvalue weighted by Gasteiger charge is 2.24. The van der Waals surface area contributed by atoms with Crippen molar-refractivity contribution in [3.63, 3.8) is 0 Å². The topological polar surface area (TPSA) is 114 Å². The average Bonchev–Trinajstić information content (AvgIpc) is 3.29. The third-order valence-corrected chi connectivity index (χ3v) is 6.67. The number of fused-ring (bicyclic) bond motifs is 2. The van der Waals surface area contributed by atoms with Crippen molar-refractivity contribution in [2.24, 2.45) is 0 Å². The summed E-state index contributed by atoms with van der Waals surface area (Å²) in [5, 5.41) is 15.8. The molecular formula is C31H39N3O6. The molecule has 1 amide bonds. The minimum absolute atomic E-state index is 0.0561. The monoisotopic (exact) mass is 549 g/mol. The van der Waals surface area contributed by atoms with Gasteiger partial charge in [0.15, 0.2) is 11.8 Å². The van der Waals surface area contributed by atoms with Gasteiger partial charge in [-0.3, -0.25) is 0 Å². The minimum atomic E-state index is -1.24. The number of rotatable bonds is 12. The van der Waals surface area contributed by atoms with E-state index in [1.807, 2.05) is 6.07 Å². The van der Waals surface area contributed by atoms with E-state index in [0.29, 0.717) is 5.76 Å². The Morgan fingerprint density at radius 3 is 2.30 bits per heavy atom. The SMILES string of the molecule is CC(C)(C)OC(=O)N[C@@H](COCc1cc(CCCCCN2c3ccccc3CCc3ccccc32)no1)C(=O)O. The van der Waals surface area contributed by atoms with Gasteiger partial charge in [-0.2, -0.15) is 0 Å². The Bertz CT molecular complexity index is 1230. The highest BCUT2D eigenvalue weighted by Crippen LogP contribution is 2.36. The Kier molecular flexibility index (Phi) is 9.82. The number of nitrogens with zero attached hydrogens (tertiary/aromatic N) is 2. The molecule has 9 nitrogen and oxygen atoms in total. The summed E-state index contributed by atoms with van der Waals surface area (Å²) >= 11 is 0. The molecule has 0 bridgehead atoms. The zero-order valence-corrected chi connectivity index (χ0v) is 23.5. The highest BCUT2D eigenvalue weighted by atomic mass is 16.6. The van der Waals surface area contributed by atoms with Crippen LogP contribution in [0.3, 0.4) is 0 Å². The number of benzene rings is 2. The molecule has 0 spiro atoms. The van der Waals surface area contributed by atoms with E-state index in [0.717, 1.165) is 50.8 Å².